The molecule has 21 heavy (non-hydrogen) atoms. The molecule has 1 saturated heterocycles. The van der Waals surface area contributed by atoms with E-state index in [9.17, 15) is 0 Å². The van der Waals surface area contributed by atoms with Gasteiger partial charge in [-0.2, -0.15) is 0 Å². The van der Waals surface area contributed by atoms with Crippen LogP contribution in [0.25, 0.3) is 0 Å². The summed E-state index contributed by atoms with van der Waals surface area (Å²) in [4.78, 5) is 2.74. The van der Waals surface area contributed by atoms with Crippen molar-refractivity contribution in [2.45, 2.75) is 64.0 Å². The number of nitrogens with zero attached hydrogens (tertiary/aromatic N) is 1. The standard InChI is InChI=1S/C19H30N2/c1-19(2,3)16-8-6-14(7-9-16)18-15(13-20)5-4-12-21(18)17-10-11-17/h6-9,15,17-18H,4-5,10-13,20H2,1-3H3. The van der Waals surface area contributed by atoms with E-state index in [0.29, 0.717) is 12.0 Å². The van der Waals surface area contributed by atoms with Crippen molar-refractivity contribution in [2.75, 3.05) is 13.1 Å². The zero-order chi connectivity index (χ0) is 15.0. The summed E-state index contributed by atoms with van der Waals surface area (Å²) >= 11 is 0. The first kappa shape index (κ1) is 15.1. The first-order chi connectivity index (χ1) is 10.0. The van der Waals surface area contributed by atoms with Crippen molar-refractivity contribution in [3.8, 4) is 0 Å². The molecule has 1 aliphatic heterocycles. The second-order valence-electron chi connectivity index (χ2n) is 7.92. The van der Waals surface area contributed by atoms with Crippen molar-refractivity contribution in [1.82, 2.24) is 4.90 Å². The van der Waals surface area contributed by atoms with Crippen molar-refractivity contribution in [3.63, 3.8) is 0 Å². The molecule has 2 aliphatic rings. The van der Waals surface area contributed by atoms with E-state index < -0.39 is 0 Å². The van der Waals surface area contributed by atoms with E-state index in [2.05, 4.69) is 49.9 Å². The monoisotopic (exact) mass is 286 g/mol. The van der Waals surface area contributed by atoms with Crippen LogP contribution in [0.2, 0.25) is 0 Å². The predicted molar refractivity (Wildman–Crippen MR) is 89.4 cm³/mol. The van der Waals surface area contributed by atoms with Gasteiger partial charge in [-0.05, 0) is 61.2 Å². The van der Waals surface area contributed by atoms with Gasteiger partial charge in [-0.3, -0.25) is 4.90 Å². The molecule has 0 bridgehead atoms. The largest absolute Gasteiger partial charge is 0.330 e. The van der Waals surface area contributed by atoms with Crippen LogP contribution in [0.1, 0.15) is 63.6 Å². The topological polar surface area (TPSA) is 29.3 Å². The first-order valence-electron chi connectivity index (χ1n) is 8.57. The summed E-state index contributed by atoms with van der Waals surface area (Å²) in [6.07, 6.45) is 5.36. The highest BCUT2D eigenvalue weighted by Gasteiger charge is 2.39. The zero-order valence-electron chi connectivity index (χ0n) is 13.8. The van der Waals surface area contributed by atoms with Crippen LogP contribution in [0, 0.1) is 5.92 Å². The second kappa shape index (κ2) is 5.73. The third-order valence-electron chi connectivity index (χ3n) is 5.23. The molecule has 1 saturated carbocycles. The third-order valence-corrected chi connectivity index (χ3v) is 5.23. The van der Waals surface area contributed by atoms with Crippen molar-refractivity contribution in [2.24, 2.45) is 11.7 Å². The van der Waals surface area contributed by atoms with E-state index >= 15 is 0 Å². The highest BCUT2D eigenvalue weighted by Crippen LogP contribution is 2.42. The minimum atomic E-state index is 0.231. The lowest BCUT2D eigenvalue weighted by atomic mass is 9.82. The smallest absolute Gasteiger partial charge is 0.0391 e. The summed E-state index contributed by atoms with van der Waals surface area (Å²) in [5, 5.41) is 0. The van der Waals surface area contributed by atoms with Gasteiger partial charge in [0.2, 0.25) is 0 Å². The molecule has 2 atom stereocenters. The fourth-order valence-electron chi connectivity index (χ4n) is 3.81. The van der Waals surface area contributed by atoms with Crippen LogP contribution in [-0.2, 0) is 5.41 Å². The van der Waals surface area contributed by atoms with Crippen LogP contribution in [0.3, 0.4) is 0 Å². The highest BCUT2D eigenvalue weighted by molar-refractivity contribution is 5.30. The molecule has 2 fully saturated rings. The maximum atomic E-state index is 6.09. The molecule has 2 nitrogen and oxygen atoms in total. The minimum Gasteiger partial charge on any atom is -0.330 e. The van der Waals surface area contributed by atoms with E-state index in [4.69, 9.17) is 5.73 Å². The van der Waals surface area contributed by atoms with Gasteiger partial charge in [-0.25, -0.2) is 0 Å². The Morgan fingerprint density at radius 1 is 1.10 bits per heavy atom. The normalized spacial score (nSPS) is 27.8. The molecular weight excluding hydrogens is 256 g/mol. The van der Waals surface area contributed by atoms with Crippen molar-refractivity contribution in [1.29, 1.82) is 0 Å². The van der Waals surface area contributed by atoms with Crippen molar-refractivity contribution in [3.05, 3.63) is 35.4 Å². The Morgan fingerprint density at radius 3 is 2.29 bits per heavy atom. The Bertz CT molecular complexity index is 467. The molecule has 0 amide bonds. The number of hydrogen-bond acceptors (Lipinski definition) is 2. The van der Waals surface area contributed by atoms with Gasteiger partial charge in [0.25, 0.3) is 0 Å². The maximum absolute atomic E-state index is 6.09. The molecule has 2 heteroatoms. The summed E-state index contributed by atoms with van der Waals surface area (Å²) < 4.78 is 0. The highest BCUT2D eigenvalue weighted by atomic mass is 15.2. The average molecular weight is 286 g/mol. The van der Waals surface area contributed by atoms with Crippen LogP contribution in [0.15, 0.2) is 24.3 Å². The summed E-state index contributed by atoms with van der Waals surface area (Å²) in [5.41, 5.74) is 9.21. The molecule has 0 spiro atoms. The Morgan fingerprint density at radius 2 is 1.76 bits per heavy atom. The van der Waals surface area contributed by atoms with Crippen LogP contribution in [0.5, 0.6) is 0 Å². The quantitative estimate of drug-likeness (QED) is 0.914. The molecule has 2 N–H and O–H groups in total. The number of rotatable bonds is 3. The summed E-state index contributed by atoms with van der Waals surface area (Å²) in [6, 6.07) is 10.7. The number of nitrogens with two attached hydrogens (primary N) is 1. The number of benzene rings is 1. The van der Waals surface area contributed by atoms with Crippen LogP contribution < -0.4 is 5.73 Å². The lowest BCUT2D eigenvalue weighted by molar-refractivity contribution is 0.0879. The number of likely N-dealkylation sites (tertiary alicyclic amines) is 1. The minimum absolute atomic E-state index is 0.231. The number of piperidine rings is 1. The maximum Gasteiger partial charge on any atom is 0.0391 e. The third kappa shape index (κ3) is 3.17. The van der Waals surface area contributed by atoms with Gasteiger partial charge in [0.15, 0.2) is 0 Å². The van der Waals surface area contributed by atoms with E-state index in [-0.39, 0.29) is 5.41 Å². The average Bonchev–Trinajstić information content (AvgIpc) is 3.30. The first-order valence-corrected chi connectivity index (χ1v) is 8.57. The molecule has 116 valence electrons. The van der Waals surface area contributed by atoms with Crippen LogP contribution >= 0.6 is 0 Å². The van der Waals surface area contributed by atoms with Gasteiger partial charge in [0.1, 0.15) is 0 Å². The molecule has 0 radical (unpaired) electrons. The molecule has 2 unspecified atom stereocenters. The van der Waals surface area contributed by atoms with Crippen LogP contribution in [-0.4, -0.2) is 24.0 Å². The number of hydrogen-bond donors (Lipinski definition) is 1. The Kier molecular flexibility index (Phi) is 4.11. The van der Waals surface area contributed by atoms with Gasteiger partial charge in [-0.15, -0.1) is 0 Å². The summed E-state index contributed by atoms with van der Waals surface area (Å²) in [7, 11) is 0. The van der Waals surface area contributed by atoms with Crippen molar-refractivity contribution >= 4 is 0 Å². The van der Waals surface area contributed by atoms with Crippen LogP contribution in [0.4, 0.5) is 0 Å². The second-order valence-corrected chi connectivity index (χ2v) is 7.92. The predicted octanol–water partition coefficient (Wildman–Crippen LogP) is 3.86. The van der Waals surface area contributed by atoms with E-state index in [1.54, 1.807) is 0 Å². The van der Waals surface area contributed by atoms with Gasteiger partial charge in [0.05, 0.1) is 0 Å². The Balaban J connectivity index is 1.87. The van der Waals surface area contributed by atoms with Gasteiger partial charge >= 0.3 is 0 Å². The van der Waals surface area contributed by atoms with Gasteiger partial charge < -0.3 is 5.73 Å². The molecule has 1 aromatic carbocycles. The lowest BCUT2D eigenvalue weighted by Crippen LogP contribution is -2.42. The molecule has 1 heterocycles. The molecule has 0 aromatic heterocycles. The molecule has 3 rings (SSSR count). The molecular formula is C19H30N2. The Labute approximate surface area is 129 Å². The molecule has 1 aromatic rings. The van der Waals surface area contributed by atoms with E-state index in [1.807, 2.05) is 0 Å². The fourth-order valence-corrected chi connectivity index (χ4v) is 3.81. The van der Waals surface area contributed by atoms with Crippen molar-refractivity contribution < 1.29 is 0 Å². The summed E-state index contributed by atoms with van der Waals surface area (Å²) in [6.45, 7) is 8.91. The lowest BCUT2D eigenvalue weighted by Gasteiger charge is -2.42. The summed E-state index contributed by atoms with van der Waals surface area (Å²) in [5.74, 6) is 0.625. The zero-order valence-corrected chi connectivity index (χ0v) is 13.8. The Hall–Kier alpha value is -0.860. The van der Waals surface area contributed by atoms with Gasteiger partial charge in [-0.1, -0.05) is 45.0 Å². The van der Waals surface area contributed by atoms with Gasteiger partial charge in [0, 0.05) is 12.1 Å². The van der Waals surface area contributed by atoms with E-state index in [0.717, 1.165) is 12.6 Å². The fraction of sp³-hybridized carbons (Fsp3) is 0.684. The SMILES string of the molecule is CC(C)(C)c1ccc(C2C(CN)CCCN2C2CC2)cc1. The molecule has 1 aliphatic carbocycles. The van der Waals surface area contributed by atoms with E-state index in [1.165, 1.54) is 43.4 Å².